The number of hydrogen-bond acceptors (Lipinski definition) is 4. The van der Waals surface area contributed by atoms with Gasteiger partial charge in [0.05, 0.1) is 11.0 Å². The molecule has 2 rings (SSSR count). The predicted molar refractivity (Wildman–Crippen MR) is 72.7 cm³/mol. The van der Waals surface area contributed by atoms with Gasteiger partial charge in [0.1, 0.15) is 5.82 Å². The highest BCUT2D eigenvalue weighted by molar-refractivity contribution is 7.10. The van der Waals surface area contributed by atoms with Gasteiger partial charge in [0.2, 0.25) is 0 Å². The summed E-state index contributed by atoms with van der Waals surface area (Å²) in [5.41, 5.74) is 1.56. The van der Waals surface area contributed by atoms with Crippen LogP contribution in [-0.4, -0.2) is 4.92 Å². The van der Waals surface area contributed by atoms with Crippen LogP contribution in [0.25, 0.3) is 0 Å². The lowest BCUT2D eigenvalue weighted by atomic mass is 10.2. The number of aryl methyl sites for hydroxylation is 1. The second-order valence-corrected chi connectivity index (χ2v) is 5.21. The maximum absolute atomic E-state index is 13.2. The normalized spacial score (nSPS) is 10.6. The molecule has 0 spiro atoms. The Morgan fingerprint density at radius 1 is 1.37 bits per heavy atom. The molecule has 1 heterocycles. The maximum Gasteiger partial charge on any atom is 0.272 e. The first-order valence-corrected chi connectivity index (χ1v) is 6.62. The Morgan fingerprint density at radius 3 is 2.79 bits per heavy atom. The van der Waals surface area contributed by atoms with Gasteiger partial charge in [-0.25, -0.2) is 4.39 Å². The fraction of sp³-hybridized carbons (Fsp3) is 0.231. The molecule has 1 aromatic heterocycles. The van der Waals surface area contributed by atoms with Crippen molar-refractivity contribution >= 4 is 17.0 Å². The van der Waals surface area contributed by atoms with Gasteiger partial charge in [-0.15, -0.1) is 11.3 Å². The molecule has 0 fully saturated rings. The summed E-state index contributed by atoms with van der Waals surface area (Å²) in [5.74, 6) is -0.585. The van der Waals surface area contributed by atoms with Crippen LogP contribution in [0.4, 0.5) is 10.1 Å². The van der Waals surface area contributed by atoms with Crippen LogP contribution in [-0.2, 0) is 13.1 Å². The molecule has 19 heavy (non-hydrogen) atoms. The molecule has 100 valence electrons. The van der Waals surface area contributed by atoms with Crippen LogP contribution < -0.4 is 5.32 Å². The molecular weight excluding hydrogens is 267 g/mol. The van der Waals surface area contributed by atoms with Crippen molar-refractivity contribution in [3.63, 3.8) is 0 Å². The molecule has 0 bridgehead atoms. The highest BCUT2D eigenvalue weighted by Crippen LogP contribution is 2.17. The zero-order valence-corrected chi connectivity index (χ0v) is 11.2. The van der Waals surface area contributed by atoms with Crippen LogP contribution in [0.2, 0.25) is 0 Å². The van der Waals surface area contributed by atoms with Gasteiger partial charge in [-0.1, -0.05) is 0 Å². The molecule has 0 aliphatic carbocycles. The summed E-state index contributed by atoms with van der Waals surface area (Å²) in [6.45, 7) is 3.10. The van der Waals surface area contributed by atoms with Crippen molar-refractivity contribution in [2.45, 2.75) is 20.0 Å². The molecule has 0 aliphatic heterocycles. The van der Waals surface area contributed by atoms with Crippen LogP contribution in [0.3, 0.4) is 0 Å². The zero-order chi connectivity index (χ0) is 13.8. The lowest BCUT2D eigenvalue weighted by Gasteiger charge is -2.05. The Kier molecular flexibility index (Phi) is 4.24. The van der Waals surface area contributed by atoms with E-state index in [4.69, 9.17) is 0 Å². The van der Waals surface area contributed by atoms with E-state index in [0.717, 1.165) is 6.07 Å². The number of halogens is 1. The lowest BCUT2D eigenvalue weighted by Crippen LogP contribution is -2.12. The average molecular weight is 280 g/mol. The van der Waals surface area contributed by atoms with Crippen molar-refractivity contribution in [2.75, 3.05) is 0 Å². The predicted octanol–water partition coefficient (Wildman–Crippen LogP) is 3.39. The van der Waals surface area contributed by atoms with Gasteiger partial charge in [-0.3, -0.25) is 10.1 Å². The molecule has 1 aromatic carbocycles. The summed E-state index contributed by atoms with van der Waals surface area (Å²) in [6.07, 6.45) is 0. The highest BCUT2D eigenvalue weighted by Gasteiger charge is 2.09. The number of nitro benzene ring substituents is 1. The Balaban J connectivity index is 2.00. The quantitative estimate of drug-likeness (QED) is 0.674. The first kappa shape index (κ1) is 13.6. The summed E-state index contributed by atoms with van der Waals surface area (Å²) in [5, 5.41) is 15.8. The Bertz CT molecular complexity index is 598. The number of nitro groups is 1. The van der Waals surface area contributed by atoms with Crippen LogP contribution in [0.1, 0.15) is 16.0 Å². The number of non-ortho nitro benzene ring substituents is 1. The van der Waals surface area contributed by atoms with Crippen LogP contribution >= 0.6 is 11.3 Å². The smallest absolute Gasteiger partial charge is 0.272 e. The van der Waals surface area contributed by atoms with E-state index in [1.807, 2.05) is 18.4 Å². The standard InChI is InChI=1S/C13H13FN2O2S/c1-9-2-3-19-13(9)8-15-7-10-4-11(14)6-12(5-10)16(17)18/h2-6,15H,7-8H2,1H3. The number of thiophene rings is 1. The fourth-order valence-electron chi connectivity index (χ4n) is 1.75. The topological polar surface area (TPSA) is 55.2 Å². The molecular formula is C13H13FN2O2S. The second-order valence-electron chi connectivity index (χ2n) is 4.21. The van der Waals surface area contributed by atoms with Crippen LogP contribution in [0.5, 0.6) is 0 Å². The van der Waals surface area contributed by atoms with E-state index >= 15 is 0 Å². The van der Waals surface area contributed by atoms with E-state index in [9.17, 15) is 14.5 Å². The number of benzene rings is 1. The first-order chi connectivity index (χ1) is 9.06. The minimum Gasteiger partial charge on any atom is -0.308 e. The molecule has 0 amide bonds. The Hall–Kier alpha value is -1.79. The summed E-state index contributed by atoms with van der Waals surface area (Å²) in [7, 11) is 0. The molecule has 4 nitrogen and oxygen atoms in total. The van der Waals surface area contributed by atoms with E-state index < -0.39 is 10.7 Å². The first-order valence-electron chi connectivity index (χ1n) is 5.74. The van der Waals surface area contributed by atoms with E-state index in [-0.39, 0.29) is 5.69 Å². The molecule has 1 N–H and O–H groups in total. The van der Waals surface area contributed by atoms with Gasteiger partial charge in [0, 0.05) is 24.0 Å². The SMILES string of the molecule is Cc1ccsc1CNCc1cc(F)cc([N+](=O)[O-])c1. The second kappa shape index (κ2) is 5.90. The number of rotatable bonds is 5. The van der Waals surface area contributed by atoms with Crippen molar-refractivity contribution in [1.82, 2.24) is 5.32 Å². The molecule has 2 aromatic rings. The highest BCUT2D eigenvalue weighted by atomic mass is 32.1. The Labute approximate surface area is 114 Å². The molecule has 0 saturated carbocycles. The van der Waals surface area contributed by atoms with Gasteiger partial charge in [-0.05, 0) is 35.6 Å². The van der Waals surface area contributed by atoms with Crippen molar-refractivity contribution in [1.29, 1.82) is 0 Å². The summed E-state index contributed by atoms with van der Waals surface area (Å²) >= 11 is 1.65. The van der Waals surface area contributed by atoms with E-state index in [2.05, 4.69) is 5.32 Å². The third-order valence-electron chi connectivity index (χ3n) is 2.74. The fourth-order valence-corrected chi connectivity index (χ4v) is 2.62. The minimum absolute atomic E-state index is 0.218. The molecule has 0 unspecified atom stereocenters. The lowest BCUT2D eigenvalue weighted by molar-refractivity contribution is -0.385. The minimum atomic E-state index is -0.587. The van der Waals surface area contributed by atoms with Gasteiger partial charge < -0.3 is 5.32 Å². The molecule has 0 saturated heterocycles. The van der Waals surface area contributed by atoms with Crippen LogP contribution in [0, 0.1) is 22.9 Å². The molecule has 6 heteroatoms. The van der Waals surface area contributed by atoms with Crippen LogP contribution in [0.15, 0.2) is 29.6 Å². The van der Waals surface area contributed by atoms with E-state index in [0.29, 0.717) is 18.7 Å². The molecule has 0 atom stereocenters. The number of nitrogens with one attached hydrogen (secondary N) is 1. The summed E-state index contributed by atoms with van der Waals surface area (Å²) in [6, 6.07) is 5.65. The van der Waals surface area contributed by atoms with E-state index in [1.165, 1.54) is 22.6 Å². The third-order valence-corrected chi connectivity index (χ3v) is 3.76. The van der Waals surface area contributed by atoms with Gasteiger partial charge in [-0.2, -0.15) is 0 Å². The largest absolute Gasteiger partial charge is 0.308 e. The molecule has 0 radical (unpaired) electrons. The van der Waals surface area contributed by atoms with Crippen molar-refractivity contribution in [3.8, 4) is 0 Å². The van der Waals surface area contributed by atoms with Crippen molar-refractivity contribution in [2.24, 2.45) is 0 Å². The summed E-state index contributed by atoms with van der Waals surface area (Å²) in [4.78, 5) is 11.3. The zero-order valence-electron chi connectivity index (χ0n) is 10.4. The van der Waals surface area contributed by atoms with Gasteiger partial charge in [0.25, 0.3) is 5.69 Å². The van der Waals surface area contributed by atoms with Gasteiger partial charge in [0.15, 0.2) is 0 Å². The number of nitrogens with zero attached hydrogens (tertiary/aromatic N) is 1. The maximum atomic E-state index is 13.2. The average Bonchev–Trinajstić information content (AvgIpc) is 2.74. The summed E-state index contributed by atoms with van der Waals surface area (Å²) < 4.78 is 13.2. The van der Waals surface area contributed by atoms with Gasteiger partial charge >= 0.3 is 0 Å². The van der Waals surface area contributed by atoms with Crippen molar-refractivity contribution in [3.05, 3.63) is 61.6 Å². The van der Waals surface area contributed by atoms with Crippen molar-refractivity contribution < 1.29 is 9.31 Å². The third kappa shape index (κ3) is 3.59. The molecule has 0 aliphatic rings. The number of hydrogen-bond donors (Lipinski definition) is 1. The van der Waals surface area contributed by atoms with E-state index in [1.54, 1.807) is 11.3 Å². The Morgan fingerprint density at radius 2 is 2.16 bits per heavy atom. The monoisotopic (exact) mass is 280 g/mol.